The first kappa shape index (κ1) is 27.4. The van der Waals surface area contributed by atoms with Gasteiger partial charge in [0.05, 0.1) is 11.3 Å². The third-order valence-corrected chi connectivity index (χ3v) is 9.47. The molecule has 1 unspecified atom stereocenters. The van der Waals surface area contributed by atoms with E-state index in [0.717, 1.165) is 59.6 Å². The van der Waals surface area contributed by atoms with Crippen LogP contribution in [0.3, 0.4) is 0 Å². The van der Waals surface area contributed by atoms with E-state index in [1.54, 1.807) is 17.4 Å². The number of hydrogen-bond donors (Lipinski definition) is 4. The molecule has 200 valence electrons. The summed E-state index contributed by atoms with van der Waals surface area (Å²) in [6.07, 6.45) is 5.98. The molecule has 9 nitrogen and oxygen atoms in total. The number of anilines is 1. The summed E-state index contributed by atoms with van der Waals surface area (Å²) in [4.78, 5) is 44.1. The van der Waals surface area contributed by atoms with E-state index in [-0.39, 0.29) is 29.4 Å². The number of thiophene rings is 1. The molecule has 2 atom stereocenters. The van der Waals surface area contributed by atoms with Crippen LogP contribution < -0.4 is 21.4 Å². The van der Waals surface area contributed by atoms with Gasteiger partial charge in [0.2, 0.25) is 11.8 Å². The molecule has 0 saturated carbocycles. The zero-order chi connectivity index (χ0) is 26.1. The summed E-state index contributed by atoms with van der Waals surface area (Å²) in [5, 5.41) is 7.76. The Morgan fingerprint density at radius 3 is 2.76 bits per heavy atom. The van der Waals surface area contributed by atoms with Crippen molar-refractivity contribution in [3.8, 4) is 10.4 Å². The SMILES string of the molecule is CNC(=O)CNC(=O)Nc1cccc(-c2ccc([C@@]3(CC(=O)NOC4CCCCO4)CCCCS3)s2)c1. The Morgan fingerprint density at radius 2 is 2.00 bits per heavy atom. The van der Waals surface area contributed by atoms with Crippen LogP contribution in [0, 0.1) is 0 Å². The Balaban J connectivity index is 1.42. The van der Waals surface area contributed by atoms with Crippen LogP contribution in [0.25, 0.3) is 10.4 Å². The number of likely N-dealkylation sites (N-methyl/N-ethyl adjacent to an activating group) is 1. The van der Waals surface area contributed by atoms with E-state index in [4.69, 9.17) is 9.57 Å². The zero-order valence-corrected chi connectivity index (χ0v) is 22.6. The second-order valence-corrected chi connectivity index (χ2v) is 11.7. The fourth-order valence-corrected chi connectivity index (χ4v) is 7.30. The molecule has 3 heterocycles. The highest BCUT2D eigenvalue weighted by Gasteiger charge is 2.38. The molecule has 1 aromatic carbocycles. The number of hydroxylamine groups is 1. The Labute approximate surface area is 225 Å². The van der Waals surface area contributed by atoms with Crippen LogP contribution in [0.1, 0.15) is 49.8 Å². The summed E-state index contributed by atoms with van der Waals surface area (Å²) in [6.45, 7) is 0.568. The lowest BCUT2D eigenvalue weighted by Crippen LogP contribution is -2.37. The number of benzene rings is 1. The average Bonchev–Trinajstić information content (AvgIpc) is 3.43. The summed E-state index contributed by atoms with van der Waals surface area (Å²) in [7, 11) is 1.52. The molecule has 0 aliphatic carbocycles. The molecule has 11 heteroatoms. The van der Waals surface area contributed by atoms with E-state index in [9.17, 15) is 14.4 Å². The summed E-state index contributed by atoms with van der Waals surface area (Å²) in [5.41, 5.74) is 4.24. The van der Waals surface area contributed by atoms with Crippen LogP contribution in [-0.4, -0.2) is 50.1 Å². The van der Waals surface area contributed by atoms with Gasteiger partial charge < -0.3 is 20.7 Å². The lowest BCUT2D eigenvalue weighted by atomic mass is 9.94. The highest BCUT2D eigenvalue weighted by Crippen LogP contribution is 2.51. The number of amides is 4. The Bertz CT molecular complexity index is 1080. The fraction of sp³-hybridized carbons (Fsp3) is 0.500. The van der Waals surface area contributed by atoms with E-state index >= 15 is 0 Å². The lowest BCUT2D eigenvalue weighted by Gasteiger charge is -2.35. The van der Waals surface area contributed by atoms with E-state index in [1.807, 2.05) is 30.0 Å². The maximum absolute atomic E-state index is 12.9. The molecule has 0 spiro atoms. The zero-order valence-electron chi connectivity index (χ0n) is 21.0. The maximum atomic E-state index is 12.9. The van der Waals surface area contributed by atoms with Crippen molar-refractivity contribution in [1.82, 2.24) is 16.1 Å². The third kappa shape index (κ3) is 7.70. The third-order valence-electron chi connectivity index (χ3n) is 6.39. The smallest absolute Gasteiger partial charge is 0.319 e. The summed E-state index contributed by atoms with van der Waals surface area (Å²) in [5.74, 6) is 0.608. The van der Waals surface area contributed by atoms with E-state index in [2.05, 4.69) is 33.6 Å². The average molecular weight is 547 g/mol. The van der Waals surface area contributed by atoms with Crippen LogP contribution in [0.4, 0.5) is 10.5 Å². The van der Waals surface area contributed by atoms with Gasteiger partial charge in [0.1, 0.15) is 0 Å². The molecule has 2 aliphatic heterocycles. The van der Waals surface area contributed by atoms with Crippen molar-refractivity contribution in [2.45, 2.75) is 56.0 Å². The molecule has 2 aromatic rings. The van der Waals surface area contributed by atoms with Crippen LogP contribution in [0.5, 0.6) is 0 Å². The second kappa shape index (κ2) is 13.3. The molecule has 37 heavy (non-hydrogen) atoms. The normalized spacial score (nSPS) is 21.6. The maximum Gasteiger partial charge on any atom is 0.319 e. The van der Waals surface area contributed by atoms with E-state index < -0.39 is 6.03 Å². The molecule has 0 radical (unpaired) electrons. The van der Waals surface area contributed by atoms with Gasteiger partial charge in [-0.3, -0.25) is 9.59 Å². The van der Waals surface area contributed by atoms with Gasteiger partial charge in [-0.1, -0.05) is 18.6 Å². The molecule has 0 bridgehead atoms. The minimum absolute atomic E-state index is 0.0949. The van der Waals surface area contributed by atoms with E-state index in [0.29, 0.717) is 18.7 Å². The Hall–Kier alpha value is -2.60. The van der Waals surface area contributed by atoms with Crippen LogP contribution in [0.2, 0.25) is 0 Å². The fourth-order valence-electron chi connectivity index (χ4n) is 4.42. The van der Waals surface area contributed by atoms with Crippen LogP contribution in [-0.2, 0) is 23.9 Å². The van der Waals surface area contributed by atoms with E-state index in [1.165, 1.54) is 7.05 Å². The molecule has 2 saturated heterocycles. The van der Waals surface area contributed by atoms with Gasteiger partial charge in [0, 0.05) is 41.9 Å². The molecular formula is C26H34N4O5S2. The first-order chi connectivity index (χ1) is 18.0. The number of thioether (sulfide) groups is 1. The minimum atomic E-state index is -0.447. The first-order valence-electron chi connectivity index (χ1n) is 12.6. The Kier molecular flexibility index (Phi) is 9.84. The highest BCUT2D eigenvalue weighted by atomic mass is 32.2. The molecule has 4 rings (SSSR count). The first-order valence-corrected chi connectivity index (χ1v) is 14.4. The minimum Gasteiger partial charge on any atom is -0.358 e. The van der Waals surface area contributed by atoms with Gasteiger partial charge in [-0.2, -0.15) is 0 Å². The molecule has 2 aliphatic rings. The summed E-state index contributed by atoms with van der Waals surface area (Å²) in [6, 6.07) is 11.3. The largest absolute Gasteiger partial charge is 0.358 e. The van der Waals surface area contributed by atoms with Crippen molar-refractivity contribution < 1.29 is 24.0 Å². The van der Waals surface area contributed by atoms with Crippen LogP contribution >= 0.6 is 23.1 Å². The van der Waals surface area contributed by atoms with Gasteiger partial charge in [0.25, 0.3) is 0 Å². The van der Waals surface area contributed by atoms with Gasteiger partial charge in [-0.05, 0) is 61.3 Å². The second-order valence-electron chi connectivity index (χ2n) is 9.14. The standard InChI is InChI=1S/C26H34N4O5S2/c1-27-23(32)17-28-25(33)29-19-8-6-7-18(15-19)20-10-11-21(37-20)26(12-3-5-14-36-26)16-22(31)30-35-24-9-2-4-13-34-24/h6-8,10-11,15,24H,2-5,9,12-14,16-17H2,1H3,(H,27,32)(H,30,31)(H2,28,29,33)/t24?,26-/m0/s1. The monoisotopic (exact) mass is 546 g/mol. The topological polar surface area (TPSA) is 118 Å². The van der Waals surface area contributed by atoms with Crippen LogP contribution in [0.15, 0.2) is 36.4 Å². The summed E-state index contributed by atoms with van der Waals surface area (Å²) >= 11 is 3.52. The molecule has 1 aromatic heterocycles. The molecular weight excluding hydrogens is 512 g/mol. The molecule has 4 N–H and O–H groups in total. The van der Waals surface area contributed by atoms with Crippen molar-refractivity contribution in [2.75, 3.05) is 31.3 Å². The summed E-state index contributed by atoms with van der Waals surface area (Å²) < 4.78 is 5.26. The van der Waals surface area contributed by atoms with Crippen molar-refractivity contribution in [3.05, 3.63) is 41.3 Å². The number of rotatable bonds is 9. The highest BCUT2D eigenvalue weighted by molar-refractivity contribution is 8.00. The number of nitrogens with one attached hydrogen (secondary N) is 4. The van der Waals surface area contributed by atoms with Crippen molar-refractivity contribution in [1.29, 1.82) is 0 Å². The number of ether oxygens (including phenoxy) is 1. The van der Waals surface area contributed by atoms with Crippen molar-refractivity contribution >= 4 is 46.6 Å². The molecule has 4 amide bonds. The predicted molar refractivity (Wildman–Crippen MR) is 146 cm³/mol. The van der Waals surface area contributed by atoms with Gasteiger partial charge in [-0.15, -0.1) is 23.1 Å². The van der Waals surface area contributed by atoms with Crippen molar-refractivity contribution in [3.63, 3.8) is 0 Å². The number of carbonyl (C=O) groups excluding carboxylic acids is 3. The number of hydrogen-bond acceptors (Lipinski definition) is 7. The lowest BCUT2D eigenvalue weighted by molar-refractivity contribution is -0.200. The molecule has 2 fully saturated rings. The quantitative estimate of drug-likeness (QED) is 0.347. The van der Waals surface area contributed by atoms with Gasteiger partial charge in [-0.25, -0.2) is 15.1 Å². The van der Waals surface area contributed by atoms with Crippen molar-refractivity contribution in [2.24, 2.45) is 0 Å². The predicted octanol–water partition coefficient (Wildman–Crippen LogP) is 4.36. The number of urea groups is 1. The Morgan fingerprint density at radius 1 is 1.11 bits per heavy atom. The van der Waals surface area contributed by atoms with Gasteiger partial charge in [0.15, 0.2) is 6.29 Å². The number of carbonyl (C=O) groups is 3. The van der Waals surface area contributed by atoms with Gasteiger partial charge >= 0.3 is 6.03 Å².